The highest BCUT2D eigenvalue weighted by atomic mass is 35.5. The molecule has 0 atom stereocenters. The molecule has 2 heterocycles. The molecule has 0 radical (unpaired) electrons. The van der Waals surface area contributed by atoms with Gasteiger partial charge >= 0.3 is 5.97 Å². The number of carbonyl (C=O) groups is 1. The Balaban J connectivity index is 2.08. The van der Waals surface area contributed by atoms with E-state index in [1.54, 1.807) is 11.4 Å². The van der Waals surface area contributed by atoms with Crippen LogP contribution in [0.1, 0.15) is 23.0 Å². The van der Waals surface area contributed by atoms with Crippen LogP contribution in [-0.2, 0) is 4.74 Å². The van der Waals surface area contributed by atoms with Gasteiger partial charge in [-0.15, -0.1) is 0 Å². The summed E-state index contributed by atoms with van der Waals surface area (Å²) in [7, 11) is 0. The van der Waals surface area contributed by atoms with Crippen molar-refractivity contribution in [3.05, 3.63) is 52.8 Å². The van der Waals surface area contributed by atoms with Crippen LogP contribution in [0.3, 0.4) is 0 Å². The average molecular weight is 316 g/mol. The number of halogens is 1. The van der Waals surface area contributed by atoms with E-state index >= 15 is 0 Å². The molecule has 0 saturated heterocycles. The highest BCUT2D eigenvalue weighted by Gasteiger charge is 2.15. The summed E-state index contributed by atoms with van der Waals surface area (Å²) in [6, 6.07) is 9.28. The number of carbonyl (C=O) groups excluding carboxylic acids is 1. The minimum atomic E-state index is -0.391. The number of hydrogen-bond acceptors (Lipinski definition) is 4. The van der Waals surface area contributed by atoms with Gasteiger partial charge in [0, 0.05) is 22.8 Å². The van der Waals surface area contributed by atoms with Crippen molar-refractivity contribution in [1.82, 2.24) is 14.6 Å². The molecule has 5 nitrogen and oxygen atoms in total. The lowest BCUT2D eigenvalue weighted by molar-refractivity contribution is 0.0524. The number of nitrogens with zero attached hydrogens (tertiary/aromatic N) is 3. The Labute approximate surface area is 132 Å². The number of aromatic nitrogens is 3. The van der Waals surface area contributed by atoms with Crippen LogP contribution in [0.15, 0.2) is 36.5 Å². The van der Waals surface area contributed by atoms with E-state index in [9.17, 15) is 4.79 Å². The fraction of sp³-hybridized carbons (Fsp3) is 0.188. The number of hydrogen-bond donors (Lipinski definition) is 0. The monoisotopic (exact) mass is 315 g/mol. The van der Waals surface area contributed by atoms with Gasteiger partial charge in [0.25, 0.3) is 0 Å². The molecule has 6 heteroatoms. The Hall–Kier alpha value is -2.40. The largest absolute Gasteiger partial charge is 0.462 e. The van der Waals surface area contributed by atoms with E-state index in [0.717, 1.165) is 11.3 Å². The van der Waals surface area contributed by atoms with Crippen molar-refractivity contribution < 1.29 is 9.53 Å². The smallest absolute Gasteiger partial charge is 0.341 e. The molecule has 0 amide bonds. The summed E-state index contributed by atoms with van der Waals surface area (Å²) in [5.41, 5.74) is 3.50. The van der Waals surface area contributed by atoms with E-state index in [-0.39, 0.29) is 0 Å². The Morgan fingerprint density at radius 2 is 2.05 bits per heavy atom. The Bertz CT molecular complexity index is 840. The maximum atomic E-state index is 11.9. The summed E-state index contributed by atoms with van der Waals surface area (Å²) >= 11 is 5.90. The van der Waals surface area contributed by atoms with Gasteiger partial charge in [-0.05, 0) is 26.0 Å². The van der Waals surface area contributed by atoms with Gasteiger partial charge in [0.2, 0.25) is 0 Å². The molecule has 0 saturated carbocycles. The second-order valence-electron chi connectivity index (χ2n) is 4.78. The maximum Gasteiger partial charge on any atom is 0.341 e. The highest BCUT2D eigenvalue weighted by molar-refractivity contribution is 6.30. The van der Waals surface area contributed by atoms with Gasteiger partial charge < -0.3 is 4.74 Å². The van der Waals surface area contributed by atoms with Gasteiger partial charge in [-0.3, -0.25) is 0 Å². The number of aryl methyl sites for hydroxylation is 1. The van der Waals surface area contributed by atoms with Crippen LogP contribution in [0, 0.1) is 6.92 Å². The molecular weight excluding hydrogens is 302 g/mol. The molecule has 0 spiro atoms. The topological polar surface area (TPSA) is 56.5 Å². The Morgan fingerprint density at radius 3 is 2.73 bits per heavy atom. The first-order valence-electron chi connectivity index (χ1n) is 6.88. The van der Waals surface area contributed by atoms with Crippen LogP contribution in [0.25, 0.3) is 16.9 Å². The van der Waals surface area contributed by atoms with Crippen molar-refractivity contribution in [2.45, 2.75) is 13.8 Å². The van der Waals surface area contributed by atoms with E-state index in [1.807, 2.05) is 37.3 Å². The molecule has 22 heavy (non-hydrogen) atoms. The molecule has 1 aromatic carbocycles. The van der Waals surface area contributed by atoms with E-state index in [4.69, 9.17) is 16.3 Å². The van der Waals surface area contributed by atoms with Crippen molar-refractivity contribution in [2.75, 3.05) is 6.61 Å². The van der Waals surface area contributed by atoms with Crippen molar-refractivity contribution in [3.63, 3.8) is 0 Å². The number of ether oxygens (including phenoxy) is 1. The third kappa shape index (κ3) is 2.55. The summed E-state index contributed by atoms with van der Waals surface area (Å²) in [4.78, 5) is 16.2. The third-order valence-corrected chi connectivity index (χ3v) is 3.61. The Kier molecular flexibility index (Phi) is 3.81. The predicted molar refractivity (Wildman–Crippen MR) is 84.1 cm³/mol. The van der Waals surface area contributed by atoms with E-state index in [1.165, 1.54) is 6.20 Å². The summed E-state index contributed by atoms with van der Waals surface area (Å²) in [5, 5.41) is 5.19. The first kappa shape index (κ1) is 14.5. The summed E-state index contributed by atoms with van der Waals surface area (Å²) < 4.78 is 6.68. The van der Waals surface area contributed by atoms with E-state index in [0.29, 0.717) is 28.5 Å². The summed E-state index contributed by atoms with van der Waals surface area (Å²) in [6.45, 7) is 3.91. The fourth-order valence-electron chi connectivity index (χ4n) is 2.22. The second-order valence-corrected chi connectivity index (χ2v) is 5.22. The fourth-order valence-corrected chi connectivity index (χ4v) is 2.35. The maximum absolute atomic E-state index is 11.9. The Morgan fingerprint density at radius 1 is 1.32 bits per heavy atom. The normalized spacial score (nSPS) is 10.9. The summed E-state index contributed by atoms with van der Waals surface area (Å²) in [5.74, 6) is -0.391. The zero-order chi connectivity index (χ0) is 15.7. The van der Waals surface area contributed by atoms with Crippen LogP contribution in [0.4, 0.5) is 0 Å². The minimum Gasteiger partial charge on any atom is -0.462 e. The highest BCUT2D eigenvalue weighted by Crippen LogP contribution is 2.22. The zero-order valence-electron chi connectivity index (χ0n) is 12.2. The number of benzene rings is 1. The number of esters is 1. The van der Waals surface area contributed by atoms with Gasteiger partial charge in [-0.1, -0.05) is 23.7 Å². The van der Waals surface area contributed by atoms with Crippen LogP contribution < -0.4 is 0 Å². The van der Waals surface area contributed by atoms with Crippen LogP contribution in [0.2, 0.25) is 5.02 Å². The van der Waals surface area contributed by atoms with Gasteiger partial charge in [0.15, 0.2) is 5.65 Å². The molecule has 0 fully saturated rings. The molecule has 112 valence electrons. The van der Waals surface area contributed by atoms with Gasteiger partial charge in [-0.25, -0.2) is 14.3 Å². The molecule has 0 aliphatic rings. The van der Waals surface area contributed by atoms with Crippen LogP contribution >= 0.6 is 11.6 Å². The predicted octanol–water partition coefficient (Wildman–Crippen LogP) is 3.53. The standard InChI is InChI=1S/C16H14ClN3O2/c1-3-22-16(21)13-9-18-15-8-14(19-20(15)10(13)2)11-4-6-12(17)7-5-11/h4-9H,3H2,1-2H3. The minimum absolute atomic E-state index is 0.325. The van der Waals surface area contributed by atoms with E-state index in [2.05, 4.69) is 10.1 Å². The molecule has 2 aromatic heterocycles. The SMILES string of the molecule is CCOC(=O)c1cnc2cc(-c3ccc(Cl)cc3)nn2c1C. The molecule has 0 aliphatic carbocycles. The number of fused-ring (bicyclic) bond motifs is 1. The zero-order valence-corrected chi connectivity index (χ0v) is 13.0. The van der Waals surface area contributed by atoms with Crippen molar-refractivity contribution in [1.29, 1.82) is 0 Å². The van der Waals surface area contributed by atoms with E-state index < -0.39 is 5.97 Å². The van der Waals surface area contributed by atoms with Crippen molar-refractivity contribution >= 4 is 23.2 Å². The van der Waals surface area contributed by atoms with Gasteiger partial charge in [0.05, 0.1) is 23.6 Å². The quantitative estimate of drug-likeness (QED) is 0.694. The molecular formula is C16H14ClN3O2. The van der Waals surface area contributed by atoms with Crippen LogP contribution in [-0.4, -0.2) is 27.2 Å². The summed E-state index contributed by atoms with van der Waals surface area (Å²) in [6.07, 6.45) is 1.52. The molecule has 3 rings (SSSR count). The molecule has 0 unspecified atom stereocenters. The third-order valence-electron chi connectivity index (χ3n) is 3.36. The van der Waals surface area contributed by atoms with Gasteiger partial charge in [0.1, 0.15) is 0 Å². The molecule has 0 aliphatic heterocycles. The van der Waals surface area contributed by atoms with Crippen molar-refractivity contribution in [2.24, 2.45) is 0 Å². The first-order valence-corrected chi connectivity index (χ1v) is 7.26. The number of rotatable bonds is 3. The lowest BCUT2D eigenvalue weighted by Crippen LogP contribution is -2.11. The van der Waals surface area contributed by atoms with Crippen LogP contribution in [0.5, 0.6) is 0 Å². The molecule has 3 aromatic rings. The van der Waals surface area contributed by atoms with Crippen molar-refractivity contribution in [3.8, 4) is 11.3 Å². The molecule has 0 N–H and O–H groups in total. The molecule has 0 bridgehead atoms. The lowest BCUT2D eigenvalue weighted by Gasteiger charge is -2.06. The lowest BCUT2D eigenvalue weighted by atomic mass is 10.1. The first-order chi connectivity index (χ1) is 10.6. The average Bonchev–Trinajstić information content (AvgIpc) is 2.93. The van der Waals surface area contributed by atoms with Gasteiger partial charge in [-0.2, -0.15) is 5.10 Å². The second kappa shape index (κ2) is 5.77.